The average molecular weight is 245 g/mol. The molecule has 5 heteroatoms. The highest BCUT2D eigenvalue weighted by molar-refractivity contribution is 5.60. The summed E-state index contributed by atoms with van der Waals surface area (Å²) in [6.07, 6.45) is 0. The fourth-order valence-corrected chi connectivity index (χ4v) is 1.62. The minimum absolute atomic E-state index is 0.174. The topological polar surface area (TPSA) is 67.0 Å². The molecule has 0 spiro atoms. The zero-order valence-electron chi connectivity index (χ0n) is 10.4. The molecule has 0 aliphatic heterocycles. The van der Waals surface area contributed by atoms with Gasteiger partial charge in [0.05, 0.1) is 12.8 Å². The molecule has 2 N–H and O–H groups in total. The Labute approximate surface area is 105 Å². The molecule has 2 rings (SSSR count). The van der Waals surface area contributed by atoms with Gasteiger partial charge in [0.25, 0.3) is 5.56 Å². The lowest BCUT2D eigenvalue weighted by molar-refractivity contribution is 0.415. The van der Waals surface area contributed by atoms with E-state index in [1.54, 1.807) is 7.11 Å². The molecule has 0 aliphatic rings. The molecule has 0 saturated carbocycles. The number of H-pyrrole nitrogens is 1. The van der Waals surface area contributed by atoms with Gasteiger partial charge in [0.2, 0.25) is 5.95 Å². The number of hydrogen-bond donors (Lipinski definition) is 2. The van der Waals surface area contributed by atoms with E-state index in [1.165, 1.54) is 6.07 Å². The summed E-state index contributed by atoms with van der Waals surface area (Å²) in [4.78, 5) is 18.5. The van der Waals surface area contributed by atoms with Crippen LogP contribution in [0.1, 0.15) is 6.92 Å². The molecule has 1 heterocycles. The summed E-state index contributed by atoms with van der Waals surface area (Å²) in [5, 5.41) is 2.99. The largest absolute Gasteiger partial charge is 0.497 e. The lowest BCUT2D eigenvalue weighted by Crippen LogP contribution is -2.12. The molecule has 0 saturated heterocycles. The van der Waals surface area contributed by atoms with Crippen LogP contribution in [0, 0.1) is 0 Å². The summed E-state index contributed by atoms with van der Waals surface area (Å²) >= 11 is 0. The number of aromatic amines is 1. The van der Waals surface area contributed by atoms with Crippen molar-refractivity contribution >= 4 is 5.95 Å². The number of aromatic nitrogens is 2. The first-order chi connectivity index (χ1) is 8.72. The van der Waals surface area contributed by atoms with Crippen molar-refractivity contribution in [3.05, 3.63) is 40.7 Å². The van der Waals surface area contributed by atoms with Crippen molar-refractivity contribution in [3.63, 3.8) is 0 Å². The van der Waals surface area contributed by atoms with Crippen LogP contribution in [0.2, 0.25) is 0 Å². The third kappa shape index (κ3) is 2.68. The summed E-state index contributed by atoms with van der Waals surface area (Å²) in [6.45, 7) is 2.65. The Hall–Kier alpha value is -2.30. The van der Waals surface area contributed by atoms with Gasteiger partial charge in [-0.25, -0.2) is 4.98 Å². The van der Waals surface area contributed by atoms with Crippen molar-refractivity contribution in [1.29, 1.82) is 0 Å². The molecule has 0 bridgehead atoms. The van der Waals surface area contributed by atoms with Gasteiger partial charge >= 0.3 is 0 Å². The molecule has 18 heavy (non-hydrogen) atoms. The smallest absolute Gasteiger partial charge is 0.252 e. The van der Waals surface area contributed by atoms with Gasteiger partial charge in [-0.2, -0.15) is 0 Å². The van der Waals surface area contributed by atoms with E-state index in [9.17, 15) is 4.79 Å². The summed E-state index contributed by atoms with van der Waals surface area (Å²) in [6, 6.07) is 8.89. The van der Waals surface area contributed by atoms with E-state index in [-0.39, 0.29) is 5.56 Å². The molecule has 0 fully saturated rings. The maximum absolute atomic E-state index is 11.5. The zero-order valence-corrected chi connectivity index (χ0v) is 10.4. The zero-order chi connectivity index (χ0) is 13.0. The first kappa shape index (κ1) is 12.2. The quantitative estimate of drug-likeness (QED) is 0.863. The fraction of sp³-hybridized carbons (Fsp3) is 0.231. The minimum atomic E-state index is -0.174. The Morgan fingerprint density at radius 2 is 2.06 bits per heavy atom. The van der Waals surface area contributed by atoms with Crippen molar-refractivity contribution in [2.75, 3.05) is 19.0 Å². The van der Waals surface area contributed by atoms with Crippen molar-refractivity contribution in [2.24, 2.45) is 0 Å². The van der Waals surface area contributed by atoms with Crippen LogP contribution in [0.5, 0.6) is 5.75 Å². The molecular formula is C13H15N3O2. The number of nitrogens with zero attached hydrogens (tertiary/aromatic N) is 1. The monoisotopic (exact) mass is 245 g/mol. The average Bonchev–Trinajstić information content (AvgIpc) is 2.38. The van der Waals surface area contributed by atoms with E-state index in [0.717, 1.165) is 11.3 Å². The standard InChI is InChI=1S/C13H15N3O2/c1-3-14-13-15-11(8-12(17)16-13)9-4-6-10(18-2)7-5-9/h4-8H,3H2,1-2H3,(H2,14,15,16,17). The highest BCUT2D eigenvalue weighted by Crippen LogP contribution is 2.19. The van der Waals surface area contributed by atoms with Crippen LogP contribution in [0.4, 0.5) is 5.95 Å². The number of benzene rings is 1. The molecule has 1 aromatic carbocycles. The van der Waals surface area contributed by atoms with Crippen molar-refractivity contribution < 1.29 is 4.74 Å². The van der Waals surface area contributed by atoms with E-state index >= 15 is 0 Å². The van der Waals surface area contributed by atoms with E-state index in [0.29, 0.717) is 18.2 Å². The van der Waals surface area contributed by atoms with Gasteiger partial charge in [-0.15, -0.1) is 0 Å². The summed E-state index contributed by atoms with van der Waals surface area (Å²) < 4.78 is 5.09. The van der Waals surface area contributed by atoms with Gasteiger partial charge in [-0.05, 0) is 31.2 Å². The third-order valence-electron chi connectivity index (χ3n) is 2.47. The Kier molecular flexibility index (Phi) is 3.62. The normalized spacial score (nSPS) is 10.1. The Morgan fingerprint density at radius 3 is 2.67 bits per heavy atom. The highest BCUT2D eigenvalue weighted by atomic mass is 16.5. The van der Waals surface area contributed by atoms with E-state index < -0.39 is 0 Å². The molecule has 1 aromatic heterocycles. The third-order valence-corrected chi connectivity index (χ3v) is 2.47. The van der Waals surface area contributed by atoms with Crippen molar-refractivity contribution in [3.8, 4) is 17.0 Å². The van der Waals surface area contributed by atoms with Gasteiger partial charge < -0.3 is 10.1 Å². The Bertz CT molecular complexity index is 576. The summed E-state index contributed by atoms with van der Waals surface area (Å²) in [7, 11) is 1.61. The van der Waals surface area contributed by atoms with Gasteiger partial charge in [-0.3, -0.25) is 9.78 Å². The van der Waals surface area contributed by atoms with E-state index in [1.807, 2.05) is 31.2 Å². The Morgan fingerprint density at radius 1 is 1.33 bits per heavy atom. The Balaban J connectivity index is 2.39. The van der Waals surface area contributed by atoms with Crippen LogP contribution in [0.25, 0.3) is 11.3 Å². The second-order valence-corrected chi connectivity index (χ2v) is 3.74. The lowest BCUT2D eigenvalue weighted by atomic mass is 10.1. The number of hydrogen-bond acceptors (Lipinski definition) is 4. The predicted molar refractivity (Wildman–Crippen MR) is 71.0 cm³/mol. The van der Waals surface area contributed by atoms with Crippen LogP contribution < -0.4 is 15.6 Å². The van der Waals surface area contributed by atoms with Gasteiger partial charge in [0, 0.05) is 18.2 Å². The summed E-state index contributed by atoms with van der Waals surface area (Å²) in [5.74, 6) is 1.26. The molecule has 0 radical (unpaired) electrons. The molecule has 94 valence electrons. The lowest BCUT2D eigenvalue weighted by Gasteiger charge is -2.06. The number of rotatable bonds is 4. The first-order valence-corrected chi connectivity index (χ1v) is 5.72. The van der Waals surface area contributed by atoms with Crippen molar-refractivity contribution in [2.45, 2.75) is 6.92 Å². The van der Waals surface area contributed by atoms with E-state index in [2.05, 4.69) is 15.3 Å². The van der Waals surface area contributed by atoms with Crippen LogP contribution in [0.3, 0.4) is 0 Å². The number of methoxy groups -OCH3 is 1. The van der Waals surface area contributed by atoms with Gasteiger partial charge in [0.15, 0.2) is 0 Å². The van der Waals surface area contributed by atoms with Crippen LogP contribution >= 0.6 is 0 Å². The molecule has 0 amide bonds. The minimum Gasteiger partial charge on any atom is -0.497 e. The maximum Gasteiger partial charge on any atom is 0.252 e. The molecular weight excluding hydrogens is 230 g/mol. The number of nitrogens with one attached hydrogen (secondary N) is 2. The molecule has 0 atom stereocenters. The molecule has 2 aromatic rings. The van der Waals surface area contributed by atoms with Crippen LogP contribution in [-0.4, -0.2) is 23.6 Å². The summed E-state index contributed by atoms with van der Waals surface area (Å²) in [5.41, 5.74) is 1.34. The maximum atomic E-state index is 11.5. The molecule has 0 aliphatic carbocycles. The molecule has 5 nitrogen and oxygen atoms in total. The predicted octanol–water partition coefficient (Wildman–Crippen LogP) is 1.88. The number of anilines is 1. The first-order valence-electron chi connectivity index (χ1n) is 5.72. The highest BCUT2D eigenvalue weighted by Gasteiger charge is 2.03. The SMILES string of the molecule is CCNc1nc(-c2ccc(OC)cc2)cc(=O)[nH]1. The van der Waals surface area contributed by atoms with Crippen LogP contribution in [-0.2, 0) is 0 Å². The van der Waals surface area contributed by atoms with Gasteiger partial charge in [-0.1, -0.05) is 0 Å². The van der Waals surface area contributed by atoms with E-state index in [4.69, 9.17) is 4.74 Å². The molecule has 0 unspecified atom stereocenters. The van der Waals surface area contributed by atoms with Crippen molar-refractivity contribution in [1.82, 2.24) is 9.97 Å². The second-order valence-electron chi connectivity index (χ2n) is 3.74. The van der Waals surface area contributed by atoms with Gasteiger partial charge in [0.1, 0.15) is 5.75 Å². The second kappa shape index (κ2) is 5.35. The van der Waals surface area contributed by atoms with Crippen LogP contribution in [0.15, 0.2) is 35.1 Å². The fourth-order valence-electron chi connectivity index (χ4n) is 1.62. The number of ether oxygens (including phenoxy) is 1.